The first-order chi connectivity index (χ1) is 19.7. The van der Waals surface area contributed by atoms with E-state index < -0.39 is 5.92 Å². The zero-order valence-electron chi connectivity index (χ0n) is 22.7. The number of carbonyl (C=O) groups excluding carboxylic acids is 1. The average molecular weight is 535 g/mol. The van der Waals surface area contributed by atoms with Crippen LogP contribution < -0.4 is 10.2 Å². The summed E-state index contributed by atoms with van der Waals surface area (Å²) in [5.74, 6) is -0.821. The van der Waals surface area contributed by atoms with Crippen molar-refractivity contribution in [2.24, 2.45) is 0 Å². The Morgan fingerprint density at radius 1 is 0.900 bits per heavy atom. The Morgan fingerprint density at radius 2 is 1.48 bits per heavy atom. The fourth-order valence-electron chi connectivity index (χ4n) is 5.28. The van der Waals surface area contributed by atoms with Crippen molar-refractivity contribution < 1.29 is 9.53 Å². The van der Waals surface area contributed by atoms with Crippen molar-refractivity contribution in [2.75, 3.05) is 51.3 Å². The highest BCUT2D eigenvalue weighted by atomic mass is 16.5. The monoisotopic (exact) mass is 534 g/mol. The van der Waals surface area contributed by atoms with E-state index in [1.165, 1.54) is 11.1 Å². The Kier molecular flexibility index (Phi) is 8.96. The molecule has 1 amide bonds. The van der Waals surface area contributed by atoms with Gasteiger partial charge in [-0.05, 0) is 29.7 Å². The minimum absolute atomic E-state index is 0.136. The molecule has 0 radical (unpaired) electrons. The fourth-order valence-corrected chi connectivity index (χ4v) is 5.28. The van der Waals surface area contributed by atoms with E-state index >= 15 is 0 Å². The summed E-state index contributed by atoms with van der Waals surface area (Å²) < 4.78 is 5.07. The molecule has 0 spiro atoms. The van der Waals surface area contributed by atoms with Gasteiger partial charge in [0.05, 0.1) is 23.1 Å². The molecule has 1 saturated heterocycles. The van der Waals surface area contributed by atoms with Gasteiger partial charge in [0.2, 0.25) is 5.91 Å². The molecule has 8 nitrogen and oxygen atoms in total. The SMILES string of the molecule is COCCCNC(=O)C(C#N)c1nc2ccccc2nc1N1CCN(C(c2ccccc2)c2ccccc2)CC1. The van der Waals surface area contributed by atoms with Gasteiger partial charge in [0.1, 0.15) is 5.69 Å². The van der Waals surface area contributed by atoms with Crippen LogP contribution in [0.5, 0.6) is 0 Å². The first-order valence-electron chi connectivity index (χ1n) is 13.7. The summed E-state index contributed by atoms with van der Waals surface area (Å²) in [6, 6.07) is 31.1. The molecule has 1 atom stereocenters. The van der Waals surface area contributed by atoms with Crippen LogP contribution in [0.15, 0.2) is 84.9 Å². The average Bonchev–Trinajstić information content (AvgIpc) is 3.01. The topological polar surface area (TPSA) is 94.4 Å². The molecule has 40 heavy (non-hydrogen) atoms. The zero-order valence-corrected chi connectivity index (χ0v) is 22.7. The molecule has 1 aliphatic heterocycles. The molecule has 1 unspecified atom stereocenters. The number of piperazine rings is 1. The minimum Gasteiger partial charge on any atom is -0.385 e. The van der Waals surface area contributed by atoms with Gasteiger partial charge in [-0.1, -0.05) is 72.8 Å². The zero-order chi connectivity index (χ0) is 27.7. The summed E-state index contributed by atoms with van der Waals surface area (Å²) in [5, 5.41) is 13.0. The lowest BCUT2D eigenvalue weighted by molar-refractivity contribution is -0.121. The molecule has 204 valence electrons. The van der Waals surface area contributed by atoms with E-state index in [-0.39, 0.29) is 11.9 Å². The van der Waals surface area contributed by atoms with Gasteiger partial charge >= 0.3 is 0 Å². The molecule has 4 aromatic rings. The van der Waals surface area contributed by atoms with Crippen molar-refractivity contribution in [2.45, 2.75) is 18.4 Å². The number of hydrogen-bond acceptors (Lipinski definition) is 7. The van der Waals surface area contributed by atoms with Crippen molar-refractivity contribution >= 4 is 22.8 Å². The van der Waals surface area contributed by atoms with Crippen molar-refractivity contribution in [1.82, 2.24) is 20.2 Å². The van der Waals surface area contributed by atoms with Crippen LogP contribution in [0.2, 0.25) is 0 Å². The van der Waals surface area contributed by atoms with Crippen molar-refractivity contribution in [3.8, 4) is 6.07 Å². The van der Waals surface area contributed by atoms with Crippen LogP contribution >= 0.6 is 0 Å². The van der Waals surface area contributed by atoms with E-state index in [0.29, 0.717) is 49.7 Å². The number of nitrogens with zero attached hydrogens (tertiary/aromatic N) is 5. The van der Waals surface area contributed by atoms with E-state index in [1.807, 2.05) is 36.4 Å². The van der Waals surface area contributed by atoms with Gasteiger partial charge in [-0.2, -0.15) is 5.26 Å². The molecule has 0 aliphatic carbocycles. The molecule has 1 N–H and O–H groups in total. The van der Waals surface area contributed by atoms with Gasteiger partial charge in [-0.15, -0.1) is 0 Å². The maximum absolute atomic E-state index is 13.1. The summed E-state index contributed by atoms with van der Waals surface area (Å²) in [7, 11) is 1.62. The molecule has 8 heteroatoms. The first-order valence-corrected chi connectivity index (χ1v) is 13.7. The Morgan fingerprint density at radius 3 is 2.05 bits per heavy atom. The first kappa shape index (κ1) is 27.3. The lowest BCUT2D eigenvalue weighted by atomic mass is 9.96. The van der Waals surface area contributed by atoms with E-state index in [1.54, 1.807) is 7.11 Å². The fraction of sp³-hybridized carbons (Fsp3) is 0.312. The maximum atomic E-state index is 13.1. The molecular weight excluding hydrogens is 500 g/mol. The second-order valence-electron chi connectivity index (χ2n) is 9.87. The Balaban J connectivity index is 1.41. The third-order valence-electron chi connectivity index (χ3n) is 7.28. The van der Waals surface area contributed by atoms with Gasteiger partial charge in [0, 0.05) is 46.4 Å². The second-order valence-corrected chi connectivity index (χ2v) is 9.87. The molecule has 1 aliphatic rings. The van der Waals surface area contributed by atoms with Gasteiger partial charge in [0.25, 0.3) is 0 Å². The Hall–Kier alpha value is -4.32. The summed E-state index contributed by atoms with van der Waals surface area (Å²) in [5.41, 5.74) is 4.32. The van der Waals surface area contributed by atoms with E-state index in [2.05, 4.69) is 69.7 Å². The predicted molar refractivity (Wildman–Crippen MR) is 156 cm³/mol. The maximum Gasteiger partial charge on any atom is 0.243 e. The number of nitrogens with one attached hydrogen (secondary N) is 1. The van der Waals surface area contributed by atoms with Gasteiger partial charge < -0.3 is 15.0 Å². The third-order valence-corrected chi connectivity index (χ3v) is 7.28. The standard InChI is InChI=1S/C32H34N6O2/c1-40-22-10-17-34-32(39)26(23-33)29-31(36-28-16-9-8-15-27(28)35-29)38-20-18-37(19-21-38)30(24-11-4-2-5-12-24)25-13-6-3-7-14-25/h2-9,11-16,26,30H,10,17-22H2,1H3,(H,34,39). The number of benzene rings is 3. The molecule has 2 heterocycles. The third kappa shape index (κ3) is 6.12. The van der Waals surface area contributed by atoms with Crippen LogP contribution in [-0.4, -0.2) is 67.2 Å². The van der Waals surface area contributed by atoms with Crippen LogP contribution in [-0.2, 0) is 9.53 Å². The second kappa shape index (κ2) is 13.2. The van der Waals surface area contributed by atoms with Crippen LogP contribution in [0.4, 0.5) is 5.82 Å². The van der Waals surface area contributed by atoms with Crippen molar-refractivity contribution in [3.05, 3.63) is 102 Å². The Labute approximate surface area is 235 Å². The normalized spacial score (nSPS) is 14.7. The van der Waals surface area contributed by atoms with Crippen molar-refractivity contribution in [3.63, 3.8) is 0 Å². The minimum atomic E-state index is -1.06. The number of carbonyl (C=O) groups is 1. The molecule has 0 bridgehead atoms. The number of hydrogen-bond donors (Lipinski definition) is 1. The number of nitriles is 1. The molecule has 5 rings (SSSR count). The van der Waals surface area contributed by atoms with Crippen LogP contribution in [0.1, 0.15) is 35.2 Å². The largest absolute Gasteiger partial charge is 0.385 e. The number of methoxy groups -OCH3 is 1. The molecule has 3 aromatic carbocycles. The van der Waals surface area contributed by atoms with Crippen LogP contribution in [0.25, 0.3) is 11.0 Å². The van der Waals surface area contributed by atoms with Gasteiger partial charge in [-0.3, -0.25) is 9.69 Å². The number of rotatable bonds is 10. The lowest BCUT2D eigenvalue weighted by Crippen LogP contribution is -2.48. The number of ether oxygens (including phenoxy) is 1. The lowest BCUT2D eigenvalue weighted by Gasteiger charge is -2.40. The molecule has 1 fully saturated rings. The quantitative estimate of drug-likeness (QED) is 0.303. The predicted octanol–water partition coefficient (Wildman–Crippen LogP) is 4.30. The van der Waals surface area contributed by atoms with Crippen LogP contribution in [0, 0.1) is 11.3 Å². The highest BCUT2D eigenvalue weighted by Gasteiger charge is 2.32. The van der Waals surface area contributed by atoms with E-state index in [0.717, 1.165) is 18.6 Å². The van der Waals surface area contributed by atoms with E-state index in [9.17, 15) is 10.1 Å². The molecular formula is C32H34N6O2. The highest BCUT2D eigenvalue weighted by Crippen LogP contribution is 2.32. The number of anilines is 1. The number of amides is 1. The van der Waals surface area contributed by atoms with Gasteiger partial charge in [-0.25, -0.2) is 9.97 Å². The van der Waals surface area contributed by atoms with Crippen molar-refractivity contribution in [1.29, 1.82) is 5.26 Å². The number of para-hydroxylation sites is 2. The van der Waals surface area contributed by atoms with Crippen LogP contribution in [0.3, 0.4) is 0 Å². The highest BCUT2D eigenvalue weighted by molar-refractivity contribution is 5.88. The summed E-state index contributed by atoms with van der Waals surface area (Å²) in [6.45, 7) is 3.95. The van der Waals surface area contributed by atoms with E-state index in [4.69, 9.17) is 14.7 Å². The number of fused-ring (bicyclic) bond motifs is 1. The molecule has 1 aromatic heterocycles. The molecule has 0 saturated carbocycles. The smallest absolute Gasteiger partial charge is 0.243 e. The number of aromatic nitrogens is 2. The summed E-state index contributed by atoms with van der Waals surface area (Å²) in [4.78, 5) is 27.5. The Bertz CT molecular complexity index is 1410. The summed E-state index contributed by atoms with van der Waals surface area (Å²) in [6.07, 6.45) is 0.669. The van der Waals surface area contributed by atoms with Gasteiger partial charge in [0.15, 0.2) is 11.7 Å². The summed E-state index contributed by atoms with van der Waals surface area (Å²) >= 11 is 0.